The van der Waals surface area contributed by atoms with Crippen LogP contribution in [0.1, 0.15) is 123 Å². The number of rotatable bonds is 23. The van der Waals surface area contributed by atoms with E-state index >= 15 is 0 Å². The topological polar surface area (TPSA) is 61.8 Å². The summed E-state index contributed by atoms with van der Waals surface area (Å²) in [6, 6.07) is 0. The molecule has 184 valence electrons. The van der Waals surface area contributed by atoms with Crippen LogP contribution >= 0.6 is 0 Å². The standard InChI is InChI=1S/C26H50O5/c1-4-5-6-7-8-9-10-11-12-13-14-15-16-17-21-30-25(27)18-19-26(28)31-23-24(2)20-22-29-3/h24H,4-23H2,1-3H3. The van der Waals surface area contributed by atoms with Gasteiger partial charge >= 0.3 is 11.9 Å². The summed E-state index contributed by atoms with van der Waals surface area (Å²) in [5.74, 6) is -0.382. The zero-order chi connectivity index (χ0) is 23.0. The molecule has 0 aliphatic rings. The van der Waals surface area contributed by atoms with Gasteiger partial charge in [-0.3, -0.25) is 9.59 Å². The number of hydrogen-bond acceptors (Lipinski definition) is 5. The Morgan fingerprint density at radius 3 is 1.58 bits per heavy atom. The Bertz CT molecular complexity index is 411. The van der Waals surface area contributed by atoms with Crippen LogP contribution in [0.3, 0.4) is 0 Å². The molecule has 0 amide bonds. The molecular formula is C26H50O5. The maximum absolute atomic E-state index is 11.7. The second-order valence-corrected chi connectivity index (χ2v) is 8.89. The lowest BCUT2D eigenvalue weighted by Crippen LogP contribution is -2.15. The van der Waals surface area contributed by atoms with Crippen LogP contribution in [-0.4, -0.2) is 38.9 Å². The minimum Gasteiger partial charge on any atom is -0.466 e. The van der Waals surface area contributed by atoms with Gasteiger partial charge in [-0.05, 0) is 18.8 Å². The van der Waals surface area contributed by atoms with E-state index in [1.54, 1.807) is 7.11 Å². The van der Waals surface area contributed by atoms with Crippen LogP contribution in [0.2, 0.25) is 0 Å². The first kappa shape index (κ1) is 29.9. The van der Waals surface area contributed by atoms with Crippen LogP contribution in [0.5, 0.6) is 0 Å². The van der Waals surface area contributed by atoms with Crippen molar-refractivity contribution in [2.24, 2.45) is 5.92 Å². The molecule has 5 heteroatoms. The third kappa shape index (κ3) is 23.4. The van der Waals surface area contributed by atoms with Gasteiger partial charge in [0, 0.05) is 13.7 Å². The molecule has 0 aromatic rings. The van der Waals surface area contributed by atoms with Gasteiger partial charge in [0.2, 0.25) is 0 Å². The second kappa shape index (κ2) is 23.6. The summed E-state index contributed by atoms with van der Waals surface area (Å²) in [6.07, 6.45) is 19.3. The Balaban J connectivity index is 3.33. The molecule has 0 saturated carbocycles. The summed E-state index contributed by atoms with van der Waals surface area (Å²) in [7, 11) is 1.66. The molecule has 0 fully saturated rings. The van der Waals surface area contributed by atoms with Crippen molar-refractivity contribution in [1.82, 2.24) is 0 Å². The van der Waals surface area contributed by atoms with Gasteiger partial charge < -0.3 is 14.2 Å². The number of unbranched alkanes of at least 4 members (excludes halogenated alkanes) is 13. The number of carbonyl (C=O) groups is 2. The van der Waals surface area contributed by atoms with E-state index in [0.717, 1.165) is 19.3 Å². The summed E-state index contributed by atoms with van der Waals surface area (Å²) < 4.78 is 15.4. The fourth-order valence-electron chi connectivity index (χ4n) is 3.47. The predicted molar refractivity (Wildman–Crippen MR) is 127 cm³/mol. The Morgan fingerprint density at radius 2 is 1.10 bits per heavy atom. The van der Waals surface area contributed by atoms with E-state index < -0.39 is 0 Å². The predicted octanol–water partition coefficient (Wildman–Crippen LogP) is 7.01. The Morgan fingerprint density at radius 1 is 0.645 bits per heavy atom. The van der Waals surface area contributed by atoms with E-state index in [4.69, 9.17) is 14.2 Å². The molecule has 0 spiro atoms. The van der Waals surface area contributed by atoms with Gasteiger partial charge in [0.25, 0.3) is 0 Å². The highest BCUT2D eigenvalue weighted by atomic mass is 16.5. The highest BCUT2D eigenvalue weighted by Crippen LogP contribution is 2.13. The first-order valence-electron chi connectivity index (χ1n) is 12.9. The molecule has 5 nitrogen and oxygen atoms in total. The average Bonchev–Trinajstić information content (AvgIpc) is 2.77. The Kier molecular flexibility index (Phi) is 22.7. The minimum absolute atomic E-state index is 0.0918. The van der Waals surface area contributed by atoms with Crippen molar-refractivity contribution in [3.05, 3.63) is 0 Å². The fraction of sp³-hybridized carbons (Fsp3) is 0.923. The SMILES string of the molecule is CCCCCCCCCCCCCCCCOC(=O)CCC(=O)OCC(C)CCOC. The van der Waals surface area contributed by atoms with Crippen molar-refractivity contribution >= 4 is 11.9 Å². The molecule has 31 heavy (non-hydrogen) atoms. The number of carbonyl (C=O) groups excluding carboxylic acids is 2. The van der Waals surface area contributed by atoms with Crippen molar-refractivity contribution in [1.29, 1.82) is 0 Å². The van der Waals surface area contributed by atoms with Gasteiger partial charge in [-0.25, -0.2) is 0 Å². The first-order chi connectivity index (χ1) is 15.1. The number of esters is 2. The van der Waals surface area contributed by atoms with Crippen LogP contribution in [0.4, 0.5) is 0 Å². The van der Waals surface area contributed by atoms with Crippen LogP contribution in [0, 0.1) is 5.92 Å². The largest absolute Gasteiger partial charge is 0.466 e. The summed E-state index contributed by atoms with van der Waals surface area (Å²) >= 11 is 0. The van der Waals surface area contributed by atoms with Crippen LogP contribution < -0.4 is 0 Å². The molecule has 0 aliphatic heterocycles. The first-order valence-corrected chi connectivity index (χ1v) is 12.9. The van der Waals surface area contributed by atoms with Gasteiger partial charge in [-0.2, -0.15) is 0 Å². The third-order valence-electron chi connectivity index (χ3n) is 5.64. The van der Waals surface area contributed by atoms with Gasteiger partial charge in [0.1, 0.15) is 0 Å². The summed E-state index contributed by atoms with van der Waals surface area (Å²) in [5.41, 5.74) is 0. The van der Waals surface area contributed by atoms with Gasteiger partial charge in [0.05, 0.1) is 26.1 Å². The zero-order valence-electron chi connectivity index (χ0n) is 20.8. The quantitative estimate of drug-likeness (QED) is 0.126. The van der Waals surface area contributed by atoms with Crippen LogP contribution in [0.15, 0.2) is 0 Å². The lowest BCUT2D eigenvalue weighted by atomic mass is 10.0. The fourth-order valence-corrected chi connectivity index (χ4v) is 3.47. The van der Waals surface area contributed by atoms with E-state index in [1.807, 2.05) is 6.92 Å². The highest BCUT2D eigenvalue weighted by Gasteiger charge is 2.11. The lowest BCUT2D eigenvalue weighted by Gasteiger charge is -2.11. The highest BCUT2D eigenvalue weighted by molar-refractivity contribution is 5.77. The molecule has 0 radical (unpaired) electrons. The summed E-state index contributed by atoms with van der Waals surface area (Å²) in [4.78, 5) is 23.4. The van der Waals surface area contributed by atoms with Gasteiger partial charge in [0.15, 0.2) is 0 Å². The van der Waals surface area contributed by atoms with E-state index in [1.165, 1.54) is 77.0 Å². The minimum atomic E-state index is -0.335. The maximum atomic E-state index is 11.7. The number of hydrogen-bond donors (Lipinski definition) is 0. The molecule has 0 aliphatic carbocycles. The van der Waals surface area contributed by atoms with Crippen LogP contribution in [-0.2, 0) is 23.8 Å². The van der Waals surface area contributed by atoms with Crippen molar-refractivity contribution in [2.75, 3.05) is 26.9 Å². The lowest BCUT2D eigenvalue weighted by molar-refractivity contribution is -0.151. The third-order valence-corrected chi connectivity index (χ3v) is 5.64. The normalized spacial score (nSPS) is 12.0. The van der Waals surface area contributed by atoms with Crippen molar-refractivity contribution < 1.29 is 23.8 Å². The molecule has 0 N–H and O–H groups in total. The molecule has 1 atom stereocenters. The zero-order valence-corrected chi connectivity index (χ0v) is 20.8. The van der Waals surface area contributed by atoms with E-state index in [9.17, 15) is 9.59 Å². The smallest absolute Gasteiger partial charge is 0.306 e. The van der Waals surface area contributed by atoms with E-state index in [2.05, 4.69) is 6.92 Å². The Hall–Kier alpha value is -1.10. The second-order valence-electron chi connectivity index (χ2n) is 8.89. The number of methoxy groups -OCH3 is 1. The Labute approximate surface area is 192 Å². The summed E-state index contributed by atoms with van der Waals surface area (Å²) in [6.45, 7) is 5.76. The molecule has 1 unspecified atom stereocenters. The molecule has 0 aromatic carbocycles. The maximum Gasteiger partial charge on any atom is 0.306 e. The van der Waals surface area contributed by atoms with Crippen molar-refractivity contribution in [3.63, 3.8) is 0 Å². The molecule has 0 aromatic heterocycles. The molecule has 0 heterocycles. The molecular weight excluding hydrogens is 392 g/mol. The molecule has 0 rings (SSSR count). The molecule has 0 saturated heterocycles. The van der Waals surface area contributed by atoms with Gasteiger partial charge in [-0.15, -0.1) is 0 Å². The van der Waals surface area contributed by atoms with Gasteiger partial charge in [-0.1, -0.05) is 97.3 Å². The average molecular weight is 443 g/mol. The van der Waals surface area contributed by atoms with Crippen LogP contribution in [0.25, 0.3) is 0 Å². The van der Waals surface area contributed by atoms with E-state index in [-0.39, 0.29) is 30.7 Å². The molecule has 0 bridgehead atoms. The summed E-state index contributed by atoms with van der Waals surface area (Å²) in [5, 5.41) is 0. The van der Waals surface area contributed by atoms with Crippen molar-refractivity contribution in [3.8, 4) is 0 Å². The van der Waals surface area contributed by atoms with Crippen molar-refractivity contribution in [2.45, 2.75) is 123 Å². The monoisotopic (exact) mass is 442 g/mol. The van der Waals surface area contributed by atoms with E-state index in [0.29, 0.717) is 19.8 Å². The number of ether oxygens (including phenoxy) is 3.